The van der Waals surface area contributed by atoms with Crippen LogP contribution >= 0.6 is 11.6 Å². The van der Waals surface area contributed by atoms with Gasteiger partial charge in [-0.25, -0.2) is 4.98 Å². The number of H-pyrrole nitrogens is 1. The van der Waals surface area contributed by atoms with E-state index < -0.39 is 0 Å². The van der Waals surface area contributed by atoms with Crippen molar-refractivity contribution in [2.45, 2.75) is 53.2 Å². The number of nitrogens with zero attached hydrogens (tertiary/aromatic N) is 1. The summed E-state index contributed by atoms with van der Waals surface area (Å²) >= 11 is 6.15. The lowest BCUT2D eigenvalue weighted by molar-refractivity contribution is -0.0528. The van der Waals surface area contributed by atoms with E-state index in [4.69, 9.17) is 22.1 Å². The van der Waals surface area contributed by atoms with Crippen molar-refractivity contribution in [1.82, 2.24) is 9.97 Å². The van der Waals surface area contributed by atoms with Gasteiger partial charge in [0, 0.05) is 22.8 Å². The standard InChI is InChI=1S/C27H30ClN3O/c1-15-7-9-18(10-8-15)24-20-14-21(19-11-12-30-22(28)13-19)31-26(20)25(29)16(2)23(24)17(3)32-27(4,5)6/h7-14,17,31H,29H2,1-6H3. The largest absolute Gasteiger partial charge is 0.397 e. The van der Waals surface area contributed by atoms with Crippen molar-refractivity contribution in [3.05, 3.63) is 70.5 Å². The van der Waals surface area contributed by atoms with E-state index in [1.165, 1.54) is 5.56 Å². The fourth-order valence-electron chi connectivity index (χ4n) is 4.38. The molecule has 2 aromatic carbocycles. The highest BCUT2D eigenvalue weighted by Crippen LogP contribution is 2.44. The molecule has 0 saturated heterocycles. The number of hydrogen-bond donors (Lipinski definition) is 2. The highest BCUT2D eigenvalue weighted by atomic mass is 35.5. The van der Waals surface area contributed by atoms with Gasteiger partial charge < -0.3 is 15.5 Å². The third-order valence-electron chi connectivity index (χ3n) is 5.75. The predicted octanol–water partition coefficient (Wildman–Crippen LogP) is 7.63. The molecule has 0 aliphatic heterocycles. The molecule has 4 nitrogen and oxygen atoms in total. The van der Waals surface area contributed by atoms with Gasteiger partial charge >= 0.3 is 0 Å². The lowest BCUT2D eigenvalue weighted by Crippen LogP contribution is -2.22. The molecule has 0 aliphatic rings. The molecule has 3 N–H and O–H groups in total. The van der Waals surface area contributed by atoms with Gasteiger partial charge in [0.05, 0.1) is 22.9 Å². The second-order valence-corrected chi connectivity index (χ2v) is 9.79. The van der Waals surface area contributed by atoms with Gasteiger partial charge in [-0.2, -0.15) is 0 Å². The number of anilines is 1. The molecule has 0 saturated carbocycles. The van der Waals surface area contributed by atoms with Crippen molar-refractivity contribution in [2.24, 2.45) is 0 Å². The van der Waals surface area contributed by atoms with E-state index in [-0.39, 0.29) is 11.7 Å². The number of nitrogens with two attached hydrogens (primary N) is 1. The molecule has 0 aliphatic carbocycles. The molecule has 5 heteroatoms. The second kappa shape index (κ2) is 8.27. The van der Waals surface area contributed by atoms with Gasteiger partial charge in [0.25, 0.3) is 0 Å². The summed E-state index contributed by atoms with van der Waals surface area (Å²) in [6, 6.07) is 14.6. The molecule has 0 spiro atoms. The van der Waals surface area contributed by atoms with Gasteiger partial charge in [0.1, 0.15) is 5.15 Å². The highest BCUT2D eigenvalue weighted by molar-refractivity contribution is 6.29. The number of halogens is 1. The molecule has 1 unspecified atom stereocenters. The number of pyridine rings is 1. The Morgan fingerprint density at radius 3 is 2.34 bits per heavy atom. The molecule has 4 rings (SSSR count). The summed E-state index contributed by atoms with van der Waals surface area (Å²) in [5.74, 6) is 0. The van der Waals surface area contributed by atoms with Crippen LogP contribution in [-0.4, -0.2) is 15.6 Å². The topological polar surface area (TPSA) is 63.9 Å². The number of aryl methyl sites for hydroxylation is 1. The molecule has 32 heavy (non-hydrogen) atoms. The van der Waals surface area contributed by atoms with Crippen molar-refractivity contribution < 1.29 is 4.74 Å². The van der Waals surface area contributed by atoms with Crippen LogP contribution in [0.3, 0.4) is 0 Å². The lowest BCUT2D eigenvalue weighted by atomic mass is 9.88. The van der Waals surface area contributed by atoms with Gasteiger partial charge in [-0.3, -0.25) is 0 Å². The third kappa shape index (κ3) is 4.25. The second-order valence-electron chi connectivity index (χ2n) is 9.40. The van der Waals surface area contributed by atoms with Crippen molar-refractivity contribution in [3.63, 3.8) is 0 Å². The maximum absolute atomic E-state index is 6.69. The number of benzene rings is 2. The molecular formula is C27H30ClN3O. The molecular weight excluding hydrogens is 418 g/mol. The summed E-state index contributed by atoms with van der Waals surface area (Å²) in [5, 5.41) is 1.52. The van der Waals surface area contributed by atoms with Gasteiger partial charge in [0.15, 0.2) is 0 Å². The van der Waals surface area contributed by atoms with E-state index in [2.05, 4.69) is 81.8 Å². The van der Waals surface area contributed by atoms with Gasteiger partial charge in [-0.15, -0.1) is 0 Å². The maximum Gasteiger partial charge on any atom is 0.129 e. The summed E-state index contributed by atoms with van der Waals surface area (Å²) < 4.78 is 6.41. The number of nitrogens with one attached hydrogen (secondary N) is 1. The zero-order chi connectivity index (χ0) is 23.2. The Morgan fingerprint density at radius 1 is 1.03 bits per heavy atom. The van der Waals surface area contributed by atoms with Gasteiger partial charge in [0.2, 0.25) is 0 Å². The Balaban J connectivity index is 2.04. The smallest absolute Gasteiger partial charge is 0.129 e. The van der Waals surface area contributed by atoms with Crippen LogP contribution in [0.1, 0.15) is 50.5 Å². The predicted molar refractivity (Wildman–Crippen MR) is 135 cm³/mol. The first-order chi connectivity index (χ1) is 15.0. The number of aromatic amines is 1. The first-order valence-corrected chi connectivity index (χ1v) is 11.2. The first-order valence-electron chi connectivity index (χ1n) is 10.9. The normalized spacial score (nSPS) is 13.0. The Kier molecular flexibility index (Phi) is 5.78. The highest BCUT2D eigenvalue weighted by Gasteiger charge is 2.26. The maximum atomic E-state index is 6.69. The average molecular weight is 448 g/mol. The van der Waals surface area contributed by atoms with E-state index in [0.717, 1.165) is 50.1 Å². The lowest BCUT2D eigenvalue weighted by Gasteiger charge is -2.29. The summed E-state index contributed by atoms with van der Waals surface area (Å²) in [5.41, 5.74) is 15.6. The zero-order valence-electron chi connectivity index (χ0n) is 19.5. The van der Waals surface area contributed by atoms with E-state index in [9.17, 15) is 0 Å². The molecule has 1 atom stereocenters. The zero-order valence-corrected chi connectivity index (χ0v) is 20.3. The van der Waals surface area contributed by atoms with Crippen molar-refractivity contribution in [1.29, 1.82) is 0 Å². The number of aromatic nitrogens is 2. The van der Waals surface area contributed by atoms with Crippen LogP contribution in [0.4, 0.5) is 5.69 Å². The number of ether oxygens (including phenoxy) is 1. The Bertz CT molecular complexity index is 1280. The summed E-state index contributed by atoms with van der Waals surface area (Å²) in [4.78, 5) is 7.64. The Labute approximate surface area is 194 Å². The molecule has 2 heterocycles. The molecule has 2 aromatic heterocycles. The van der Waals surface area contributed by atoms with E-state index in [1.54, 1.807) is 6.20 Å². The van der Waals surface area contributed by atoms with Crippen LogP contribution in [0.15, 0.2) is 48.7 Å². The number of nitrogen functional groups attached to an aromatic ring is 1. The van der Waals surface area contributed by atoms with E-state index >= 15 is 0 Å². The van der Waals surface area contributed by atoms with Crippen LogP contribution in [0.25, 0.3) is 33.3 Å². The molecule has 0 amide bonds. The van der Waals surface area contributed by atoms with Crippen molar-refractivity contribution in [2.75, 3.05) is 5.73 Å². The fraction of sp³-hybridized carbons (Fsp3) is 0.296. The van der Waals surface area contributed by atoms with Crippen LogP contribution < -0.4 is 5.73 Å². The van der Waals surface area contributed by atoms with Crippen LogP contribution in [0.5, 0.6) is 0 Å². The monoisotopic (exact) mass is 447 g/mol. The SMILES string of the molecule is Cc1ccc(-c2c(C(C)OC(C)(C)C)c(C)c(N)c3[nH]c(-c4ccnc(Cl)c4)cc23)cc1. The Hall–Kier alpha value is -2.82. The number of fused-ring (bicyclic) bond motifs is 1. The van der Waals surface area contributed by atoms with E-state index in [1.807, 2.05) is 12.1 Å². The van der Waals surface area contributed by atoms with Crippen molar-refractivity contribution in [3.8, 4) is 22.4 Å². The van der Waals surface area contributed by atoms with Gasteiger partial charge in [-0.05, 0) is 82.0 Å². The van der Waals surface area contributed by atoms with Crippen LogP contribution in [0, 0.1) is 13.8 Å². The molecule has 0 bridgehead atoms. The molecule has 166 valence electrons. The third-order valence-corrected chi connectivity index (χ3v) is 5.96. The average Bonchev–Trinajstić information content (AvgIpc) is 3.15. The van der Waals surface area contributed by atoms with E-state index in [0.29, 0.717) is 5.15 Å². The summed E-state index contributed by atoms with van der Waals surface area (Å²) in [6.45, 7) is 12.5. The number of hydrogen-bond acceptors (Lipinski definition) is 3. The molecule has 4 aromatic rings. The fourth-order valence-corrected chi connectivity index (χ4v) is 4.56. The minimum Gasteiger partial charge on any atom is -0.397 e. The van der Waals surface area contributed by atoms with Gasteiger partial charge in [-0.1, -0.05) is 41.4 Å². The molecule has 0 fully saturated rings. The quantitative estimate of drug-likeness (QED) is 0.249. The van der Waals surface area contributed by atoms with Crippen LogP contribution in [0.2, 0.25) is 5.15 Å². The van der Waals surface area contributed by atoms with Crippen LogP contribution in [-0.2, 0) is 4.74 Å². The summed E-state index contributed by atoms with van der Waals surface area (Å²) in [7, 11) is 0. The minimum atomic E-state index is -0.281. The molecule has 0 radical (unpaired) electrons. The summed E-state index contributed by atoms with van der Waals surface area (Å²) in [6.07, 6.45) is 1.58. The Morgan fingerprint density at radius 2 is 1.72 bits per heavy atom. The van der Waals surface area contributed by atoms with Crippen molar-refractivity contribution >= 4 is 28.2 Å². The number of rotatable bonds is 4. The minimum absolute atomic E-state index is 0.133. The first kappa shape index (κ1) is 22.4.